The zero-order valence-corrected chi connectivity index (χ0v) is 29.7. The van der Waals surface area contributed by atoms with Crippen LogP contribution < -0.4 is 21.7 Å². The van der Waals surface area contributed by atoms with Gasteiger partial charge in [-0.25, -0.2) is 4.79 Å². The molecule has 6 N–H and O–H groups in total. The van der Waals surface area contributed by atoms with Gasteiger partial charge in [-0.2, -0.15) is 0 Å². The molecule has 0 saturated carbocycles. The van der Waals surface area contributed by atoms with E-state index in [1.165, 1.54) is 12.2 Å². The van der Waals surface area contributed by atoms with E-state index in [9.17, 15) is 38.7 Å². The van der Waals surface area contributed by atoms with E-state index in [0.717, 1.165) is 17.7 Å². The topological polar surface area (TPSA) is 224 Å². The Labute approximate surface area is 299 Å². The number of ketones is 2. The fourth-order valence-corrected chi connectivity index (χ4v) is 5.30. The molecule has 1 aliphatic heterocycles. The number of carbonyl (C=O) groups excluding carboxylic acids is 7. The summed E-state index contributed by atoms with van der Waals surface area (Å²) in [5, 5.41) is 17.4. The molecule has 1 heterocycles. The molecule has 6 amide bonds. The van der Waals surface area contributed by atoms with Crippen molar-refractivity contribution in [2.75, 3.05) is 44.8 Å². The molecular weight excluding hydrogens is 662 g/mol. The van der Waals surface area contributed by atoms with Gasteiger partial charge in [0.05, 0.1) is 39.0 Å². The molecule has 2 atom stereocenters. The average molecular weight is 716 g/mol. The minimum absolute atomic E-state index is 0.0338. The maximum atomic E-state index is 13.4. The standard InChI is InChI=1S/C36H53N5O10/c1-25(2)34(30(44)22-27(8-7-17-38-36(37)49)35(48)39-28-13-11-26(23-42)12-14-28)40-31(45)10-6-4-3-5-9-29(43)24-51-21-20-50-19-18-41-32(46)15-16-33(41)47/h11-16,25,27,34,42H,3-10,17-24H2,1-2H3,(H,39,48)(H,40,45)(H3,37,38,49)/t27-,34+/m1/s1. The molecule has 0 spiro atoms. The number of nitrogens with two attached hydrogens (primary N) is 1. The molecule has 0 bridgehead atoms. The molecule has 1 aromatic rings. The van der Waals surface area contributed by atoms with Crippen molar-refractivity contribution in [2.24, 2.45) is 17.6 Å². The number of hydrogen-bond donors (Lipinski definition) is 5. The monoisotopic (exact) mass is 715 g/mol. The van der Waals surface area contributed by atoms with Crippen molar-refractivity contribution in [3.63, 3.8) is 0 Å². The molecule has 2 rings (SSSR count). The predicted octanol–water partition coefficient (Wildman–Crippen LogP) is 2.15. The first-order valence-electron chi connectivity index (χ1n) is 17.5. The van der Waals surface area contributed by atoms with Gasteiger partial charge in [0.1, 0.15) is 6.61 Å². The molecule has 0 unspecified atom stereocenters. The van der Waals surface area contributed by atoms with Gasteiger partial charge >= 0.3 is 6.03 Å². The van der Waals surface area contributed by atoms with Crippen LogP contribution in [-0.2, 0) is 44.8 Å². The van der Waals surface area contributed by atoms with Gasteiger partial charge in [-0.1, -0.05) is 38.8 Å². The molecule has 282 valence electrons. The van der Waals surface area contributed by atoms with Crippen molar-refractivity contribution < 1.29 is 48.1 Å². The zero-order chi connectivity index (χ0) is 37.6. The van der Waals surface area contributed by atoms with Crippen LogP contribution in [0.3, 0.4) is 0 Å². The number of anilines is 1. The molecule has 0 radical (unpaired) electrons. The number of ether oxygens (including phenoxy) is 2. The molecule has 0 aliphatic carbocycles. The molecule has 0 saturated heterocycles. The maximum absolute atomic E-state index is 13.4. The first-order chi connectivity index (χ1) is 24.4. The van der Waals surface area contributed by atoms with Crippen LogP contribution in [0.15, 0.2) is 36.4 Å². The van der Waals surface area contributed by atoms with E-state index in [1.54, 1.807) is 24.3 Å². The van der Waals surface area contributed by atoms with E-state index in [4.69, 9.17) is 15.2 Å². The minimum Gasteiger partial charge on any atom is -0.392 e. The van der Waals surface area contributed by atoms with Gasteiger partial charge in [0.25, 0.3) is 11.8 Å². The third-order valence-electron chi connectivity index (χ3n) is 8.19. The van der Waals surface area contributed by atoms with E-state index in [2.05, 4.69) is 16.0 Å². The molecule has 1 aromatic carbocycles. The average Bonchev–Trinajstić information content (AvgIpc) is 3.41. The summed E-state index contributed by atoms with van der Waals surface area (Å²) < 4.78 is 10.7. The number of nitrogens with one attached hydrogen (secondary N) is 3. The first-order valence-corrected chi connectivity index (χ1v) is 17.5. The Hall–Kier alpha value is -4.47. The van der Waals surface area contributed by atoms with Crippen molar-refractivity contribution in [2.45, 2.75) is 84.3 Å². The van der Waals surface area contributed by atoms with Crippen molar-refractivity contribution >= 4 is 46.9 Å². The molecular formula is C36H53N5O10. The number of benzene rings is 1. The number of aliphatic hydroxyl groups excluding tert-OH is 1. The number of Topliss-reactive ketones (excluding diaryl/α,β-unsaturated/α-hetero) is 2. The van der Waals surface area contributed by atoms with E-state index in [0.29, 0.717) is 43.4 Å². The number of aliphatic hydroxyl groups is 1. The number of nitrogens with zero attached hydrogens (tertiary/aromatic N) is 1. The minimum atomic E-state index is -0.779. The Morgan fingerprint density at radius 3 is 2.14 bits per heavy atom. The second-order valence-electron chi connectivity index (χ2n) is 12.7. The third kappa shape index (κ3) is 17.3. The van der Waals surface area contributed by atoms with Crippen LogP contribution in [0.2, 0.25) is 0 Å². The van der Waals surface area contributed by atoms with Gasteiger partial charge in [0.2, 0.25) is 11.8 Å². The van der Waals surface area contributed by atoms with Crippen LogP contribution in [0.5, 0.6) is 0 Å². The Morgan fingerprint density at radius 2 is 1.51 bits per heavy atom. The number of carbonyl (C=O) groups is 7. The summed E-state index contributed by atoms with van der Waals surface area (Å²) >= 11 is 0. The fourth-order valence-electron chi connectivity index (χ4n) is 5.30. The van der Waals surface area contributed by atoms with E-state index in [-0.39, 0.29) is 100 Å². The smallest absolute Gasteiger partial charge is 0.312 e. The van der Waals surface area contributed by atoms with Gasteiger partial charge in [-0.05, 0) is 49.3 Å². The summed E-state index contributed by atoms with van der Waals surface area (Å²) in [5.74, 6) is -2.59. The van der Waals surface area contributed by atoms with E-state index in [1.807, 2.05) is 13.8 Å². The largest absolute Gasteiger partial charge is 0.392 e. The molecule has 15 nitrogen and oxygen atoms in total. The van der Waals surface area contributed by atoms with Gasteiger partial charge in [-0.3, -0.25) is 33.7 Å². The lowest BCUT2D eigenvalue weighted by atomic mass is 9.89. The summed E-state index contributed by atoms with van der Waals surface area (Å²) in [5.41, 5.74) is 6.34. The maximum Gasteiger partial charge on any atom is 0.312 e. The van der Waals surface area contributed by atoms with Gasteiger partial charge in [0.15, 0.2) is 11.6 Å². The van der Waals surface area contributed by atoms with Crippen molar-refractivity contribution in [1.82, 2.24) is 15.5 Å². The van der Waals surface area contributed by atoms with Gasteiger partial charge in [0, 0.05) is 49.6 Å². The first kappa shape index (κ1) is 42.7. The zero-order valence-electron chi connectivity index (χ0n) is 29.7. The van der Waals surface area contributed by atoms with Crippen LogP contribution in [0, 0.1) is 11.8 Å². The lowest BCUT2D eigenvalue weighted by Crippen LogP contribution is -2.45. The molecule has 15 heteroatoms. The van der Waals surface area contributed by atoms with Gasteiger partial charge in [-0.15, -0.1) is 0 Å². The lowest BCUT2D eigenvalue weighted by Gasteiger charge is -2.24. The van der Waals surface area contributed by atoms with E-state index >= 15 is 0 Å². The van der Waals surface area contributed by atoms with E-state index < -0.39 is 18.0 Å². The van der Waals surface area contributed by atoms with Crippen LogP contribution in [-0.4, -0.2) is 96.8 Å². The number of hydrogen-bond acceptors (Lipinski definition) is 10. The quantitative estimate of drug-likeness (QED) is 0.0659. The summed E-state index contributed by atoms with van der Waals surface area (Å²) in [7, 11) is 0. The Balaban J connectivity index is 1.67. The van der Waals surface area contributed by atoms with Crippen LogP contribution in [0.25, 0.3) is 0 Å². The van der Waals surface area contributed by atoms with Crippen molar-refractivity contribution in [3.05, 3.63) is 42.0 Å². The van der Waals surface area contributed by atoms with Crippen LogP contribution >= 0.6 is 0 Å². The SMILES string of the molecule is CC(C)[C@H](NC(=O)CCCCCCC(=O)COCCOCCN1C(=O)C=CC1=O)C(=O)C[C@@H](CCCNC(N)=O)C(=O)Nc1ccc(CO)cc1. The van der Waals surface area contributed by atoms with Crippen LogP contribution in [0.4, 0.5) is 10.5 Å². The second-order valence-corrected chi connectivity index (χ2v) is 12.7. The number of urea groups is 1. The highest BCUT2D eigenvalue weighted by molar-refractivity contribution is 6.12. The third-order valence-corrected chi connectivity index (χ3v) is 8.19. The molecule has 0 fully saturated rings. The summed E-state index contributed by atoms with van der Waals surface area (Å²) in [6, 6.07) is 5.23. The molecule has 51 heavy (non-hydrogen) atoms. The predicted molar refractivity (Wildman–Crippen MR) is 188 cm³/mol. The van der Waals surface area contributed by atoms with Crippen molar-refractivity contribution in [3.8, 4) is 0 Å². The number of imide groups is 1. The number of unbranched alkanes of at least 4 members (excludes halogenated alkanes) is 3. The molecule has 1 aliphatic rings. The van der Waals surface area contributed by atoms with Crippen molar-refractivity contribution in [1.29, 1.82) is 0 Å². The highest BCUT2D eigenvalue weighted by Crippen LogP contribution is 2.19. The van der Waals surface area contributed by atoms with Crippen LogP contribution in [0.1, 0.15) is 77.2 Å². The molecule has 0 aromatic heterocycles. The van der Waals surface area contributed by atoms with Gasteiger partial charge < -0.3 is 36.3 Å². The summed E-state index contributed by atoms with van der Waals surface area (Å²) in [6.07, 6.45) is 6.34. The lowest BCUT2D eigenvalue weighted by molar-refractivity contribution is -0.138. The summed E-state index contributed by atoms with van der Waals surface area (Å²) in [6.45, 7) is 4.52. The Morgan fingerprint density at radius 1 is 0.863 bits per heavy atom. The Kier molecular flexibility index (Phi) is 20.0. The highest BCUT2D eigenvalue weighted by Gasteiger charge is 2.29. The number of rotatable bonds is 27. The number of primary amides is 1. The normalized spacial score (nSPS) is 13.7. The number of amides is 6. The fraction of sp³-hybridized carbons (Fsp3) is 0.583. The highest BCUT2D eigenvalue weighted by atomic mass is 16.5. The second kappa shape index (κ2) is 23.8. The summed E-state index contributed by atoms with van der Waals surface area (Å²) in [4.78, 5) is 86.6. The Bertz CT molecular complexity index is 1330.